The number of rotatable bonds is 2. The van der Waals surface area contributed by atoms with Gasteiger partial charge in [0, 0.05) is 0 Å². The summed E-state index contributed by atoms with van der Waals surface area (Å²) in [5.74, 6) is -0.598. The van der Waals surface area contributed by atoms with E-state index in [0.717, 1.165) is 0 Å². The quantitative estimate of drug-likeness (QED) is 0.843. The Morgan fingerprint density at radius 3 is 2.64 bits per heavy atom. The summed E-state index contributed by atoms with van der Waals surface area (Å²) in [6, 6.07) is 5.35. The van der Waals surface area contributed by atoms with Crippen LogP contribution in [0.1, 0.15) is 39.4 Å². The van der Waals surface area contributed by atoms with E-state index in [4.69, 9.17) is 19.6 Å². The molecule has 1 aromatic heterocycles. The Morgan fingerprint density at radius 2 is 2.14 bits per heavy atom. The molecular formula is C16H18N2O4. The predicted octanol–water partition coefficient (Wildman–Crippen LogP) is 2.70. The van der Waals surface area contributed by atoms with Gasteiger partial charge in [-0.2, -0.15) is 5.26 Å². The molecule has 2 rings (SSSR count). The van der Waals surface area contributed by atoms with Crippen LogP contribution in [-0.4, -0.2) is 11.6 Å². The fraction of sp³-hybridized carbons (Fsp3) is 0.375. The first-order valence-corrected chi connectivity index (χ1v) is 6.79. The fourth-order valence-electron chi connectivity index (χ4n) is 2.22. The SMILES string of the molecule is CC1=C(C(=O)OC(C)(C)C)[C@@H](c2ccco2)C(C#N)=C(N)O1. The van der Waals surface area contributed by atoms with E-state index in [2.05, 4.69) is 0 Å². The van der Waals surface area contributed by atoms with E-state index in [-0.39, 0.29) is 17.0 Å². The van der Waals surface area contributed by atoms with Gasteiger partial charge in [0.05, 0.1) is 17.8 Å². The monoisotopic (exact) mass is 302 g/mol. The molecule has 0 saturated carbocycles. The van der Waals surface area contributed by atoms with Crippen molar-refractivity contribution in [3.8, 4) is 6.07 Å². The summed E-state index contributed by atoms with van der Waals surface area (Å²) in [5, 5.41) is 9.36. The van der Waals surface area contributed by atoms with Crippen LogP contribution in [0.15, 0.2) is 45.6 Å². The van der Waals surface area contributed by atoms with Crippen LogP contribution >= 0.6 is 0 Å². The Kier molecular flexibility index (Phi) is 4.00. The minimum atomic E-state index is -0.733. The molecule has 22 heavy (non-hydrogen) atoms. The maximum absolute atomic E-state index is 12.5. The largest absolute Gasteiger partial charge is 0.468 e. The van der Waals surface area contributed by atoms with E-state index in [1.165, 1.54) is 6.26 Å². The molecule has 0 radical (unpaired) electrons. The second-order valence-corrected chi connectivity index (χ2v) is 5.91. The van der Waals surface area contributed by atoms with Gasteiger partial charge >= 0.3 is 5.97 Å². The first kappa shape index (κ1) is 15.7. The van der Waals surface area contributed by atoms with Gasteiger partial charge in [-0.05, 0) is 39.8 Å². The van der Waals surface area contributed by atoms with Crippen LogP contribution in [-0.2, 0) is 14.3 Å². The average molecular weight is 302 g/mol. The van der Waals surface area contributed by atoms with Crippen molar-refractivity contribution in [1.29, 1.82) is 5.26 Å². The van der Waals surface area contributed by atoms with Crippen LogP contribution in [0.3, 0.4) is 0 Å². The number of allylic oxidation sites excluding steroid dienone is 2. The van der Waals surface area contributed by atoms with E-state index in [1.807, 2.05) is 6.07 Å². The summed E-state index contributed by atoms with van der Waals surface area (Å²) in [6.45, 7) is 6.90. The van der Waals surface area contributed by atoms with Crippen LogP contribution in [0, 0.1) is 11.3 Å². The molecule has 0 bridgehead atoms. The Bertz CT molecular complexity index is 685. The zero-order chi connectivity index (χ0) is 16.5. The van der Waals surface area contributed by atoms with E-state index in [1.54, 1.807) is 39.8 Å². The molecule has 1 aliphatic rings. The lowest BCUT2D eigenvalue weighted by atomic mass is 9.87. The first-order valence-electron chi connectivity index (χ1n) is 6.79. The van der Waals surface area contributed by atoms with Crippen molar-refractivity contribution in [3.05, 3.63) is 46.9 Å². The third kappa shape index (κ3) is 2.98. The highest BCUT2D eigenvalue weighted by Gasteiger charge is 2.39. The summed E-state index contributed by atoms with van der Waals surface area (Å²) >= 11 is 0. The number of hydrogen-bond donors (Lipinski definition) is 1. The van der Waals surface area contributed by atoms with E-state index in [0.29, 0.717) is 11.5 Å². The van der Waals surface area contributed by atoms with Gasteiger partial charge < -0.3 is 19.6 Å². The highest BCUT2D eigenvalue weighted by atomic mass is 16.6. The molecule has 0 amide bonds. The molecule has 6 nitrogen and oxygen atoms in total. The Hall–Kier alpha value is -2.68. The van der Waals surface area contributed by atoms with Gasteiger partial charge in [-0.1, -0.05) is 0 Å². The standard InChI is InChI=1S/C16H18N2O4/c1-9-12(15(19)22-16(2,3)4)13(11-6-5-7-20-11)10(8-17)14(18)21-9/h5-7,13H,18H2,1-4H3/t13-/m1/s1. The molecule has 0 saturated heterocycles. The third-order valence-electron chi connectivity index (χ3n) is 3.05. The summed E-state index contributed by atoms with van der Waals surface area (Å²) in [6.07, 6.45) is 1.47. The van der Waals surface area contributed by atoms with Gasteiger partial charge in [0.15, 0.2) is 0 Å². The summed E-state index contributed by atoms with van der Waals surface area (Å²) in [7, 11) is 0. The predicted molar refractivity (Wildman–Crippen MR) is 77.9 cm³/mol. The van der Waals surface area contributed by atoms with Crippen LogP contribution in [0.25, 0.3) is 0 Å². The Balaban J connectivity index is 2.52. The molecule has 1 aromatic rings. The van der Waals surface area contributed by atoms with Crippen molar-refractivity contribution in [3.63, 3.8) is 0 Å². The lowest BCUT2D eigenvalue weighted by molar-refractivity contribution is -0.150. The number of carbonyl (C=O) groups excluding carboxylic acids is 1. The number of furan rings is 1. The second kappa shape index (κ2) is 5.60. The average Bonchev–Trinajstić information content (AvgIpc) is 2.88. The van der Waals surface area contributed by atoms with Crippen molar-refractivity contribution in [2.24, 2.45) is 5.73 Å². The van der Waals surface area contributed by atoms with Crippen molar-refractivity contribution in [2.45, 2.75) is 39.2 Å². The van der Waals surface area contributed by atoms with Crippen LogP contribution in [0.4, 0.5) is 0 Å². The van der Waals surface area contributed by atoms with Crippen molar-refractivity contribution >= 4 is 5.97 Å². The topological polar surface area (TPSA) is 98.5 Å². The fourth-order valence-corrected chi connectivity index (χ4v) is 2.22. The number of ether oxygens (including phenoxy) is 2. The molecule has 6 heteroatoms. The van der Waals surface area contributed by atoms with Crippen molar-refractivity contribution < 1.29 is 18.7 Å². The van der Waals surface area contributed by atoms with Crippen LogP contribution in [0.2, 0.25) is 0 Å². The van der Waals surface area contributed by atoms with Crippen LogP contribution < -0.4 is 5.73 Å². The summed E-state index contributed by atoms with van der Waals surface area (Å²) in [4.78, 5) is 12.5. The van der Waals surface area contributed by atoms with E-state index < -0.39 is 17.5 Å². The second-order valence-electron chi connectivity index (χ2n) is 5.91. The van der Waals surface area contributed by atoms with E-state index in [9.17, 15) is 10.1 Å². The molecule has 0 spiro atoms. The van der Waals surface area contributed by atoms with Gasteiger partial charge in [0.1, 0.15) is 28.8 Å². The normalized spacial score (nSPS) is 18.8. The minimum Gasteiger partial charge on any atom is -0.468 e. The zero-order valence-corrected chi connectivity index (χ0v) is 13.0. The smallest absolute Gasteiger partial charge is 0.339 e. The molecule has 0 aromatic carbocycles. The number of nitriles is 1. The Labute approximate surface area is 128 Å². The molecule has 0 fully saturated rings. The minimum absolute atomic E-state index is 0.0336. The third-order valence-corrected chi connectivity index (χ3v) is 3.05. The molecular weight excluding hydrogens is 284 g/mol. The summed E-state index contributed by atoms with van der Waals surface area (Å²) < 4.78 is 16.1. The van der Waals surface area contributed by atoms with Crippen molar-refractivity contribution in [2.75, 3.05) is 0 Å². The number of carbonyl (C=O) groups is 1. The first-order chi connectivity index (χ1) is 10.2. The maximum atomic E-state index is 12.5. The van der Waals surface area contributed by atoms with Gasteiger partial charge in [-0.15, -0.1) is 0 Å². The highest BCUT2D eigenvalue weighted by Crippen LogP contribution is 2.40. The molecule has 0 unspecified atom stereocenters. The lowest BCUT2D eigenvalue weighted by Crippen LogP contribution is -2.30. The van der Waals surface area contributed by atoms with Gasteiger partial charge in [0.2, 0.25) is 5.88 Å². The number of nitrogens with two attached hydrogens (primary N) is 1. The van der Waals surface area contributed by atoms with E-state index >= 15 is 0 Å². The molecule has 2 heterocycles. The number of hydrogen-bond acceptors (Lipinski definition) is 6. The zero-order valence-electron chi connectivity index (χ0n) is 13.0. The Morgan fingerprint density at radius 1 is 1.45 bits per heavy atom. The number of nitrogens with zero attached hydrogens (tertiary/aromatic N) is 1. The molecule has 116 valence electrons. The molecule has 1 aliphatic heterocycles. The molecule has 1 atom stereocenters. The summed E-state index contributed by atoms with van der Waals surface area (Å²) in [5.41, 5.74) is 5.45. The van der Waals surface area contributed by atoms with Crippen molar-refractivity contribution in [1.82, 2.24) is 0 Å². The lowest BCUT2D eigenvalue weighted by Gasteiger charge is -2.28. The van der Waals surface area contributed by atoms with Crippen LogP contribution in [0.5, 0.6) is 0 Å². The molecule has 0 aliphatic carbocycles. The maximum Gasteiger partial charge on any atom is 0.339 e. The molecule has 2 N–H and O–H groups in total. The van der Waals surface area contributed by atoms with Gasteiger partial charge in [0.25, 0.3) is 0 Å². The van der Waals surface area contributed by atoms with Gasteiger partial charge in [-0.3, -0.25) is 0 Å². The van der Waals surface area contributed by atoms with Gasteiger partial charge in [-0.25, -0.2) is 4.79 Å². The highest BCUT2D eigenvalue weighted by molar-refractivity contribution is 5.92. The number of esters is 1.